The van der Waals surface area contributed by atoms with E-state index in [0.29, 0.717) is 27.5 Å². The number of nitrogens with one attached hydrogen (secondary N) is 2. The second-order valence-electron chi connectivity index (χ2n) is 8.14. The van der Waals surface area contributed by atoms with Crippen LogP contribution in [-0.2, 0) is 0 Å². The molecule has 1 aliphatic rings. The second-order valence-corrected chi connectivity index (χ2v) is 8.52. The van der Waals surface area contributed by atoms with Crippen LogP contribution >= 0.6 is 12.2 Å². The van der Waals surface area contributed by atoms with Crippen LogP contribution < -0.4 is 10.1 Å². The molecule has 2 aromatic heterocycles. The molecule has 176 valence electrons. The van der Waals surface area contributed by atoms with Crippen LogP contribution in [0.4, 0.5) is 19.0 Å². The van der Waals surface area contributed by atoms with Gasteiger partial charge < -0.3 is 10.1 Å². The zero-order valence-electron chi connectivity index (χ0n) is 18.3. The van der Waals surface area contributed by atoms with Crippen molar-refractivity contribution < 1.29 is 17.9 Å². The summed E-state index contributed by atoms with van der Waals surface area (Å²) in [5.74, 6) is 1.24. The smallest absolute Gasteiger partial charge is 0.410 e. The largest absolute Gasteiger partial charge is 0.497 e. The Labute approximate surface area is 198 Å². The molecule has 11 heteroatoms. The molecule has 1 aliphatic heterocycles. The summed E-state index contributed by atoms with van der Waals surface area (Å²) >= 11 is 5.43. The van der Waals surface area contributed by atoms with Crippen molar-refractivity contribution in [1.82, 2.24) is 24.5 Å². The number of ether oxygens (including phenoxy) is 1. The Kier molecular flexibility index (Phi) is 5.43. The van der Waals surface area contributed by atoms with E-state index in [1.165, 1.54) is 6.20 Å². The number of aromatic nitrogens is 5. The van der Waals surface area contributed by atoms with Crippen molar-refractivity contribution in [2.75, 3.05) is 12.4 Å². The lowest BCUT2D eigenvalue weighted by atomic mass is 9.96. The third kappa shape index (κ3) is 3.85. The van der Waals surface area contributed by atoms with Gasteiger partial charge in [-0.25, -0.2) is 4.68 Å². The Hall–Kier alpha value is -3.60. The van der Waals surface area contributed by atoms with E-state index in [-0.39, 0.29) is 12.2 Å². The van der Waals surface area contributed by atoms with Gasteiger partial charge in [-0.2, -0.15) is 23.4 Å². The Bertz CT molecular complexity index is 1370. The lowest BCUT2D eigenvalue weighted by Gasteiger charge is -2.34. The third-order valence-corrected chi connectivity index (χ3v) is 6.24. The fraction of sp³-hybridized carbons (Fsp3) is 0.261. The predicted molar refractivity (Wildman–Crippen MR) is 124 cm³/mol. The highest BCUT2D eigenvalue weighted by Gasteiger charge is 2.47. The number of anilines is 1. The van der Waals surface area contributed by atoms with Gasteiger partial charge in [0.1, 0.15) is 11.6 Å². The molecule has 0 amide bonds. The van der Waals surface area contributed by atoms with E-state index >= 15 is 0 Å². The summed E-state index contributed by atoms with van der Waals surface area (Å²) in [4.78, 5) is 0. The minimum absolute atomic E-state index is 0.200. The first kappa shape index (κ1) is 22.2. The first-order chi connectivity index (χ1) is 16.3. The molecular formula is C23H21F3N6OS. The third-order valence-electron chi connectivity index (χ3n) is 5.96. The van der Waals surface area contributed by atoms with Gasteiger partial charge in [0.2, 0.25) is 0 Å². The van der Waals surface area contributed by atoms with Gasteiger partial charge in [0, 0.05) is 12.1 Å². The van der Waals surface area contributed by atoms with Gasteiger partial charge in [0.25, 0.3) is 0 Å². The van der Waals surface area contributed by atoms with Crippen molar-refractivity contribution in [3.8, 4) is 22.8 Å². The maximum Gasteiger partial charge on any atom is 0.410 e. The van der Waals surface area contributed by atoms with Crippen LogP contribution in [0.5, 0.6) is 5.75 Å². The van der Waals surface area contributed by atoms with Crippen molar-refractivity contribution >= 4 is 18.0 Å². The molecule has 0 saturated carbocycles. The molecule has 3 heterocycles. The molecule has 4 aromatic rings. The molecule has 2 atom stereocenters. The van der Waals surface area contributed by atoms with E-state index < -0.39 is 18.3 Å². The molecule has 2 aromatic carbocycles. The van der Waals surface area contributed by atoms with E-state index in [2.05, 4.69) is 20.6 Å². The average Bonchev–Trinajstić information content (AvgIpc) is 3.41. The van der Waals surface area contributed by atoms with Gasteiger partial charge in [-0.3, -0.25) is 9.67 Å². The number of benzene rings is 2. The molecule has 34 heavy (non-hydrogen) atoms. The number of methoxy groups -OCH3 is 1. The maximum absolute atomic E-state index is 14.1. The van der Waals surface area contributed by atoms with Crippen molar-refractivity contribution in [2.24, 2.45) is 0 Å². The Morgan fingerprint density at radius 1 is 1.09 bits per heavy atom. The Balaban J connectivity index is 1.62. The van der Waals surface area contributed by atoms with Crippen LogP contribution in [0, 0.1) is 11.7 Å². The summed E-state index contributed by atoms with van der Waals surface area (Å²) in [6.07, 6.45) is -3.28. The molecule has 0 fully saturated rings. The molecule has 0 spiro atoms. The summed E-state index contributed by atoms with van der Waals surface area (Å²) in [6, 6.07) is 12.2. The number of aromatic amines is 1. The Morgan fingerprint density at radius 2 is 1.79 bits per heavy atom. The number of hydrogen-bond donors (Lipinski definition) is 2. The summed E-state index contributed by atoms with van der Waals surface area (Å²) in [5, 5.41) is 14.4. The van der Waals surface area contributed by atoms with Crippen LogP contribution in [0.15, 0.2) is 54.7 Å². The van der Waals surface area contributed by atoms with E-state index in [1.54, 1.807) is 35.9 Å². The highest BCUT2D eigenvalue weighted by Crippen LogP contribution is 2.46. The normalized spacial score (nSPS) is 17.8. The number of H-pyrrole nitrogens is 1. The zero-order valence-corrected chi connectivity index (χ0v) is 19.1. The molecule has 0 aliphatic carbocycles. The van der Waals surface area contributed by atoms with E-state index in [0.717, 1.165) is 15.9 Å². The van der Waals surface area contributed by atoms with E-state index in [9.17, 15) is 13.2 Å². The van der Waals surface area contributed by atoms with Crippen LogP contribution in [0.3, 0.4) is 0 Å². The number of aryl methyl sites for hydroxylation is 1. The molecule has 0 bridgehead atoms. The monoisotopic (exact) mass is 486 g/mol. The van der Waals surface area contributed by atoms with Crippen molar-refractivity contribution in [1.29, 1.82) is 0 Å². The highest BCUT2D eigenvalue weighted by atomic mass is 32.1. The van der Waals surface area contributed by atoms with Crippen LogP contribution in [0.1, 0.15) is 29.6 Å². The van der Waals surface area contributed by atoms with Crippen LogP contribution in [0.2, 0.25) is 0 Å². The van der Waals surface area contributed by atoms with E-state index in [4.69, 9.17) is 17.0 Å². The first-order valence-electron chi connectivity index (χ1n) is 10.6. The van der Waals surface area contributed by atoms with Gasteiger partial charge in [-0.1, -0.05) is 29.8 Å². The Morgan fingerprint density at radius 3 is 2.44 bits per heavy atom. The lowest BCUT2D eigenvalue weighted by molar-refractivity contribution is -0.173. The SMILES string of the molecule is COc1ccc([C@H]2C[C@H](C(F)(F)F)n3ncc(-c4n[nH]c(=S)n4-c4ccc(C)cc4)c3N2)cc1. The van der Waals surface area contributed by atoms with Crippen molar-refractivity contribution in [3.05, 3.63) is 70.6 Å². The topological polar surface area (TPSA) is 72.7 Å². The van der Waals surface area contributed by atoms with Gasteiger partial charge >= 0.3 is 6.18 Å². The number of alkyl halides is 3. The standard InChI is InChI=1S/C23H21F3N6OS/c1-13-3-7-15(8-4-13)31-21(29-30-22(31)34)17-12-27-32-19(23(24,25)26)11-18(28-20(17)32)14-5-9-16(33-2)10-6-14/h3-10,12,18-19,28H,11H2,1-2H3,(H,30,34)/t18-,19-/m1/s1. The molecule has 0 unspecified atom stereocenters. The molecule has 7 nitrogen and oxygen atoms in total. The zero-order chi connectivity index (χ0) is 24.0. The fourth-order valence-corrected chi connectivity index (χ4v) is 4.43. The molecule has 0 saturated heterocycles. The van der Waals surface area contributed by atoms with Crippen molar-refractivity contribution in [3.63, 3.8) is 0 Å². The summed E-state index contributed by atoms with van der Waals surface area (Å²) in [7, 11) is 1.54. The summed E-state index contributed by atoms with van der Waals surface area (Å²) in [5.41, 5.74) is 2.95. The molecule has 2 N–H and O–H groups in total. The van der Waals surface area contributed by atoms with Crippen LogP contribution in [-0.4, -0.2) is 37.8 Å². The van der Waals surface area contributed by atoms with Gasteiger partial charge in [-0.05, 0) is 49.0 Å². The number of halogens is 3. The predicted octanol–water partition coefficient (Wildman–Crippen LogP) is 5.77. The van der Waals surface area contributed by atoms with Gasteiger partial charge in [-0.15, -0.1) is 0 Å². The molecular weight excluding hydrogens is 465 g/mol. The van der Waals surface area contributed by atoms with E-state index in [1.807, 2.05) is 31.2 Å². The lowest BCUT2D eigenvalue weighted by Crippen LogP contribution is -2.35. The molecule has 0 radical (unpaired) electrons. The van der Waals surface area contributed by atoms with Gasteiger partial charge in [0.05, 0.1) is 24.9 Å². The van der Waals surface area contributed by atoms with Crippen LogP contribution in [0.25, 0.3) is 17.1 Å². The number of rotatable bonds is 4. The number of hydrogen-bond acceptors (Lipinski definition) is 5. The number of nitrogens with zero attached hydrogens (tertiary/aromatic N) is 4. The molecule has 5 rings (SSSR count). The average molecular weight is 487 g/mol. The number of fused-ring (bicyclic) bond motifs is 1. The quantitative estimate of drug-likeness (QED) is 0.358. The van der Waals surface area contributed by atoms with Gasteiger partial charge in [0.15, 0.2) is 16.6 Å². The summed E-state index contributed by atoms with van der Waals surface area (Å²) < 4.78 is 50.4. The van der Waals surface area contributed by atoms with Crippen molar-refractivity contribution in [2.45, 2.75) is 31.6 Å². The fourth-order valence-electron chi connectivity index (χ4n) is 4.19. The minimum Gasteiger partial charge on any atom is -0.497 e. The summed E-state index contributed by atoms with van der Waals surface area (Å²) in [6.45, 7) is 1.97. The maximum atomic E-state index is 14.1. The second kappa shape index (κ2) is 8.32. The first-order valence-corrected chi connectivity index (χ1v) is 11.0. The highest BCUT2D eigenvalue weighted by molar-refractivity contribution is 7.71. The minimum atomic E-state index is -4.48.